The largest absolute Gasteiger partial charge is 0.494 e. The summed E-state index contributed by atoms with van der Waals surface area (Å²) >= 11 is 1.81. The van der Waals surface area contributed by atoms with Gasteiger partial charge in [0.15, 0.2) is 5.96 Å². The van der Waals surface area contributed by atoms with Crippen LogP contribution in [-0.2, 0) is 16.7 Å². The van der Waals surface area contributed by atoms with Gasteiger partial charge in [0.05, 0.1) is 13.2 Å². The van der Waals surface area contributed by atoms with Gasteiger partial charge >= 0.3 is 0 Å². The number of benzene rings is 1. The van der Waals surface area contributed by atoms with E-state index in [1.807, 2.05) is 25.3 Å². The Hall–Kier alpha value is -2.05. The minimum absolute atomic E-state index is 0.0418. The molecule has 1 aliphatic heterocycles. The van der Waals surface area contributed by atoms with Crippen LogP contribution in [0.4, 0.5) is 0 Å². The van der Waals surface area contributed by atoms with Crippen LogP contribution in [0.2, 0.25) is 0 Å². The molecule has 1 aromatic carbocycles. The first-order chi connectivity index (χ1) is 13.6. The second-order valence-electron chi connectivity index (χ2n) is 7.14. The van der Waals surface area contributed by atoms with E-state index in [1.54, 1.807) is 0 Å². The normalized spacial score (nSPS) is 16.6. The zero-order valence-corrected chi connectivity index (χ0v) is 17.9. The van der Waals surface area contributed by atoms with Gasteiger partial charge < -0.3 is 20.1 Å². The van der Waals surface area contributed by atoms with Crippen molar-refractivity contribution < 1.29 is 9.47 Å². The third kappa shape index (κ3) is 5.26. The van der Waals surface area contributed by atoms with Crippen LogP contribution in [0.15, 0.2) is 41.4 Å². The average molecular weight is 402 g/mol. The van der Waals surface area contributed by atoms with Crippen molar-refractivity contribution in [2.45, 2.75) is 38.6 Å². The molecule has 6 heteroatoms. The van der Waals surface area contributed by atoms with E-state index in [0.29, 0.717) is 6.61 Å². The van der Waals surface area contributed by atoms with Crippen LogP contribution in [0.3, 0.4) is 0 Å². The quantitative estimate of drug-likeness (QED) is 0.546. The molecule has 0 bridgehead atoms. The molecule has 0 atom stereocenters. The number of rotatable bonds is 7. The fraction of sp³-hybridized carbons (Fsp3) is 0.500. The number of nitrogens with one attached hydrogen (secondary N) is 2. The Balaban J connectivity index is 1.65. The molecular weight excluding hydrogens is 370 g/mol. The van der Waals surface area contributed by atoms with Gasteiger partial charge in [-0.25, -0.2) is 0 Å². The predicted molar refractivity (Wildman–Crippen MR) is 117 cm³/mol. The van der Waals surface area contributed by atoms with E-state index in [4.69, 9.17) is 9.47 Å². The van der Waals surface area contributed by atoms with E-state index < -0.39 is 0 Å². The maximum atomic E-state index is 5.65. The Morgan fingerprint density at radius 1 is 1.14 bits per heavy atom. The fourth-order valence-corrected chi connectivity index (χ4v) is 4.46. The van der Waals surface area contributed by atoms with E-state index in [-0.39, 0.29) is 5.41 Å². The molecule has 0 radical (unpaired) electrons. The number of aliphatic imine (C=N–C) groups is 1. The van der Waals surface area contributed by atoms with E-state index in [0.717, 1.165) is 50.9 Å². The minimum atomic E-state index is 0.0418. The van der Waals surface area contributed by atoms with Gasteiger partial charge in [-0.05, 0) is 56.5 Å². The molecule has 2 aromatic rings. The molecule has 0 spiro atoms. The van der Waals surface area contributed by atoms with Crippen LogP contribution >= 0.6 is 11.3 Å². The van der Waals surface area contributed by atoms with Crippen molar-refractivity contribution in [2.75, 3.05) is 33.4 Å². The number of hydrogen-bond acceptors (Lipinski definition) is 4. The molecule has 1 fully saturated rings. The van der Waals surface area contributed by atoms with Crippen molar-refractivity contribution in [3.05, 3.63) is 51.7 Å². The number of hydrogen-bond donors (Lipinski definition) is 2. The van der Waals surface area contributed by atoms with Crippen LogP contribution in [0.1, 0.15) is 35.1 Å². The first kappa shape index (κ1) is 20.7. The summed E-state index contributed by atoms with van der Waals surface area (Å²) in [4.78, 5) is 7.05. The second-order valence-corrected chi connectivity index (χ2v) is 8.51. The summed E-state index contributed by atoms with van der Waals surface area (Å²) in [5, 5.41) is 6.98. The topological polar surface area (TPSA) is 54.9 Å². The summed E-state index contributed by atoms with van der Waals surface area (Å²) in [5.74, 6) is 1.76. The van der Waals surface area contributed by atoms with E-state index in [9.17, 15) is 0 Å². The van der Waals surface area contributed by atoms with Crippen molar-refractivity contribution in [3.63, 3.8) is 0 Å². The molecular formula is C22H31N3O2S. The molecule has 28 heavy (non-hydrogen) atoms. The lowest BCUT2D eigenvalue weighted by atomic mass is 9.74. The van der Waals surface area contributed by atoms with Gasteiger partial charge in [-0.2, -0.15) is 0 Å². The molecule has 3 rings (SSSR count). The third-order valence-electron chi connectivity index (χ3n) is 5.27. The lowest BCUT2D eigenvalue weighted by Gasteiger charge is -2.38. The number of guanidine groups is 1. The van der Waals surface area contributed by atoms with Crippen LogP contribution in [0.25, 0.3) is 0 Å². The van der Waals surface area contributed by atoms with Gasteiger partial charge in [0.25, 0.3) is 0 Å². The van der Waals surface area contributed by atoms with Crippen LogP contribution in [0.5, 0.6) is 5.75 Å². The van der Waals surface area contributed by atoms with E-state index >= 15 is 0 Å². The Labute approximate surface area is 172 Å². The molecule has 2 heterocycles. The summed E-state index contributed by atoms with van der Waals surface area (Å²) in [6, 6.07) is 12.9. The maximum absolute atomic E-state index is 5.65. The fourth-order valence-electron chi connectivity index (χ4n) is 3.63. The number of aryl methyl sites for hydroxylation is 1. The number of nitrogens with zero attached hydrogens (tertiary/aromatic N) is 1. The highest BCUT2D eigenvalue weighted by atomic mass is 32.1. The lowest BCUT2D eigenvalue weighted by Crippen LogP contribution is -2.47. The average Bonchev–Trinajstić information content (AvgIpc) is 3.15. The lowest BCUT2D eigenvalue weighted by molar-refractivity contribution is 0.0513. The first-order valence-corrected chi connectivity index (χ1v) is 10.8. The molecule has 2 N–H and O–H groups in total. The Morgan fingerprint density at radius 3 is 2.50 bits per heavy atom. The number of ether oxygens (including phenoxy) is 2. The van der Waals surface area contributed by atoms with Crippen LogP contribution < -0.4 is 15.4 Å². The maximum Gasteiger partial charge on any atom is 0.191 e. The van der Waals surface area contributed by atoms with E-state index in [1.165, 1.54) is 15.3 Å². The van der Waals surface area contributed by atoms with Crippen molar-refractivity contribution in [3.8, 4) is 5.75 Å². The second kappa shape index (κ2) is 9.94. The molecule has 5 nitrogen and oxygen atoms in total. The van der Waals surface area contributed by atoms with Crippen molar-refractivity contribution >= 4 is 17.3 Å². The highest BCUT2D eigenvalue weighted by Crippen LogP contribution is 2.35. The van der Waals surface area contributed by atoms with Crippen molar-refractivity contribution in [1.29, 1.82) is 0 Å². The number of thiophene rings is 1. The van der Waals surface area contributed by atoms with Gasteiger partial charge in [0, 0.05) is 42.0 Å². The van der Waals surface area contributed by atoms with Gasteiger partial charge in [0.2, 0.25) is 0 Å². The van der Waals surface area contributed by atoms with Crippen LogP contribution in [0, 0.1) is 6.92 Å². The summed E-state index contributed by atoms with van der Waals surface area (Å²) < 4.78 is 11.3. The molecule has 0 amide bonds. The van der Waals surface area contributed by atoms with Gasteiger partial charge in [-0.1, -0.05) is 12.1 Å². The van der Waals surface area contributed by atoms with Crippen LogP contribution in [-0.4, -0.2) is 39.4 Å². The molecule has 1 aliphatic rings. The highest BCUT2D eigenvalue weighted by molar-refractivity contribution is 7.11. The molecule has 0 unspecified atom stereocenters. The smallest absolute Gasteiger partial charge is 0.191 e. The SMILES string of the molecule is CCOc1ccc(C2(CNC(=NC)NCc3ccc(C)s3)CCOCC2)cc1. The molecule has 152 valence electrons. The molecule has 1 aromatic heterocycles. The van der Waals surface area contributed by atoms with Gasteiger partial charge in [-0.15, -0.1) is 11.3 Å². The Morgan fingerprint density at radius 2 is 1.89 bits per heavy atom. The van der Waals surface area contributed by atoms with Crippen molar-refractivity contribution in [1.82, 2.24) is 10.6 Å². The third-order valence-corrected chi connectivity index (χ3v) is 6.27. The summed E-state index contributed by atoms with van der Waals surface area (Å²) in [7, 11) is 1.82. The standard InChI is InChI=1S/C22H31N3O2S/c1-4-27-19-8-6-18(7-9-19)22(11-13-26-14-12-22)16-25-21(23-3)24-15-20-10-5-17(2)28-20/h5-10H,4,11-16H2,1-3H3,(H2,23,24,25). The highest BCUT2D eigenvalue weighted by Gasteiger charge is 2.34. The predicted octanol–water partition coefficient (Wildman–Crippen LogP) is 3.87. The van der Waals surface area contributed by atoms with Gasteiger partial charge in [-0.3, -0.25) is 4.99 Å². The van der Waals surface area contributed by atoms with E-state index in [2.05, 4.69) is 58.9 Å². The van der Waals surface area contributed by atoms with Gasteiger partial charge in [0.1, 0.15) is 5.75 Å². The zero-order chi connectivity index (χ0) is 19.8. The Bertz CT molecular complexity index is 764. The summed E-state index contributed by atoms with van der Waals surface area (Å²) in [5.41, 5.74) is 1.37. The first-order valence-electron chi connectivity index (χ1n) is 9.96. The monoisotopic (exact) mass is 401 g/mol. The summed E-state index contributed by atoms with van der Waals surface area (Å²) in [6.07, 6.45) is 1.99. The molecule has 1 saturated heterocycles. The zero-order valence-electron chi connectivity index (χ0n) is 17.1. The molecule has 0 saturated carbocycles. The Kier molecular flexibility index (Phi) is 7.34. The molecule has 0 aliphatic carbocycles. The van der Waals surface area contributed by atoms with Crippen molar-refractivity contribution in [2.24, 2.45) is 4.99 Å². The summed E-state index contributed by atoms with van der Waals surface area (Å²) in [6.45, 7) is 8.02. The minimum Gasteiger partial charge on any atom is -0.494 e.